The van der Waals surface area contributed by atoms with Gasteiger partial charge in [-0.15, -0.1) is 0 Å². The smallest absolute Gasteiger partial charge is 0.246 e. The lowest BCUT2D eigenvalue weighted by atomic mass is 10.3. The fourth-order valence-corrected chi connectivity index (χ4v) is 4.87. The summed E-state index contributed by atoms with van der Waals surface area (Å²) in [5.41, 5.74) is 0.868. The van der Waals surface area contributed by atoms with Gasteiger partial charge < -0.3 is 14.5 Å². The third-order valence-corrected chi connectivity index (χ3v) is 6.71. The summed E-state index contributed by atoms with van der Waals surface area (Å²) in [4.78, 5) is 13.1. The van der Waals surface area contributed by atoms with E-state index in [4.69, 9.17) is 16.3 Å². The van der Waals surface area contributed by atoms with Gasteiger partial charge in [0.15, 0.2) is 0 Å². The predicted molar refractivity (Wildman–Crippen MR) is 110 cm³/mol. The number of aryl methyl sites for hydroxylation is 1. The number of sulfonamides is 1. The summed E-state index contributed by atoms with van der Waals surface area (Å²) < 4.78 is 32.8. The molecule has 1 fully saturated rings. The van der Waals surface area contributed by atoms with Crippen molar-refractivity contribution < 1.29 is 13.2 Å². The lowest BCUT2D eigenvalue weighted by molar-refractivity contribution is 0.372. The molecule has 1 aromatic heterocycles. The molecule has 10 heteroatoms. The molecule has 0 aliphatic carbocycles. The monoisotopic (exact) mass is 425 g/mol. The van der Waals surface area contributed by atoms with Gasteiger partial charge in [0.05, 0.1) is 7.11 Å². The first-order valence-electron chi connectivity index (χ1n) is 8.84. The van der Waals surface area contributed by atoms with E-state index >= 15 is 0 Å². The molecule has 1 aromatic carbocycles. The number of hydrogen-bond donors (Lipinski definition) is 0. The number of anilines is 2. The highest BCUT2D eigenvalue weighted by molar-refractivity contribution is 7.89. The fraction of sp³-hybridized carbons (Fsp3) is 0.444. The maximum absolute atomic E-state index is 13.1. The molecule has 1 aliphatic heterocycles. The first-order valence-corrected chi connectivity index (χ1v) is 10.7. The number of halogens is 1. The van der Waals surface area contributed by atoms with Gasteiger partial charge in [-0.3, -0.25) is 0 Å². The molecule has 152 valence electrons. The minimum atomic E-state index is -3.71. The molecule has 0 unspecified atom stereocenters. The van der Waals surface area contributed by atoms with Crippen molar-refractivity contribution in [3.63, 3.8) is 0 Å². The zero-order valence-electron chi connectivity index (χ0n) is 16.4. The van der Waals surface area contributed by atoms with Crippen LogP contribution in [0.2, 0.25) is 5.02 Å². The highest BCUT2D eigenvalue weighted by Gasteiger charge is 2.31. The van der Waals surface area contributed by atoms with E-state index in [1.165, 1.54) is 17.5 Å². The third kappa shape index (κ3) is 4.16. The van der Waals surface area contributed by atoms with E-state index in [1.54, 1.807) is 12.1 Å². The number of piperazine rings is 1. The van der Waals surface area contributed by atoms with Crippen LogP contribution < -0.4 is 14.5 Å². The average molecular weight is 426 g/mol. The van der Waals surface area contributed by atoms with E-state index in [9.17, 15) is 8.42 Å². The normalized spacial score (nSPS) is 15.5. The Morgan fingerprint density at radius 1 is 1.11 bits per heavy atom. The van der Waals surface area contributed by atoms with E-state index in [2.05, 4.69) is 9.97 Å². The van der Waals surface area contributed by atoms with Crippen LogP contribution >= 0.6 is 11.6 Å². The molecule has 0 radical (unpaired) electrons. The second kappa shape index (κ2) is 8.10. The second-order valence-electron chi connectivity index (χ2n) is 6.75. The van der Waals surface area contributed by atoms with Crippen LogP contribution in [0.1, 0.15) is 5.69 Å². The Kier molecular flexibility index (Phi) is 5.97. The lowest BCUT2D eigenvalue weighted by Crippen LogP contribution is -2.49. The number of nitrogens with zero attached hydrogens (tertiary/aromatic N) is 5. The Hall–Kier alpha value is -2.10. The largest absolute Gasteiger partial charge is 0.495 e. The van der Waals surface area contributed by atoms with E-state index < -0.39 is 10.0 Å². The van der Waals surface area contributed by atoms with Gasteiger partial charge in [-0.05, 0) is 25.1 Å². The minimum Gasteiger partial charge on any atom is -0.495 e. The molecular formula is C18H24ClN5O3S. The van der Waals surface area contributed by atoms with E-state index in [-0.39, 0.29) is 10.6 Å². The number of hydrogen-bond acceptors (Lipinski definition) is 7. The van der Waals surface area contributed by atoms with Gasteiger partial charge in [0.1, 0.15) is 16.5 Å². The molecule has 0 saturated carbocycles. The lowest BCUT2D eigenvalue weighted by Gasteiger charge is -2.34. The molecular weight excluding hydrogens is 402 g/mol. The number of ether oxygens (including phenoxy) is 1. The SMILES string of the molecule is COc1ccc(Cl)cc1S(=O)(=O)N1CCN(c2nc(C)cc(N(C)C)n2)CC1. The van der Waals surface area contributed by atoms with Crippen molar-refractivity contribution in [3.05, 3.63) is 35.0 Å². The van der Waals surface area contributed by atoms with Crippen LogP contribution in [0.4, 0.5) is 11.8 Å². The standard InChI is InChI=1S/C18H24ClN5O3S/c1-13-11-17(22(2)3)21-18(20-13)23-7-9-24(10-8-23)28(25,26)16-12-14(19)5-6-15(16)27-4/h5-6,11-12H,7-10H2,1-4H3. The Morgan fingerprint density at radius 2 is 1.79 bits per heavy atom. The molecule has 0 N–H and O–H groups in total. The Labute approximate surface area is 170 Å². The zero-order chi connectivity index (χ0) is 20.5. The van der Waals surface area contributed by atoms with Crippen molar-refractivity contribution in [3.8, 4) is 5.75 Å². The van der Waals surface area contributed by atoms with Gasteiger partial charge in [-0.2, -0.15) is 9.29 Å². The number of benzene rings is 1. The van der Waals surface area contributed by atoms with Crippen LogP contribution in [0.15, 0.2) is 29.2 Å². The molecule has 1 aliphatic rings. The summed E-state index contributed by atoms with van der Waals surface area (Å²) in [6.07, 6.45) is 0. The van der Waals surface area contributed by atoms with Crippen molar-refractivity contribution in [1.29, 1.82) is 0 Å². The van der Waals surface area contributed by atoms with Crippen molar-refractivity contribution in [2.75, 3.05) is 57.2 Å². The van der Waals surface area contributed by atoms with E-state index in [0.29, 0.717) is 37.1 Å². The Balaban J connectivity index is 1.80. The van der Waals surface area contributed by atoms with Gasteiger partial charge in [0, 0.05) is 57.1 Å². The molecule has 2 aromatic rings. The highest BCUT2D eigenvalue weighted by Crippen LogP contribution is 2.30. The van der Waals surface area contributed by atoms with Crippen LogP contribution in [0.5, 0.6) is 5.75 Å². The first kappa shape index (κ1) is 20.6. The van der Waals surface area contributed by atoms with Crippen molar-refractivity contribution in [1.82, 2.24) is 14.3 Å². The zero-order valence-corrected chi connectivity index (χ0v) is 18.0. The molecule has 28 heavy (non-hydrogen) atoms. The third-order valence-electron chi connectivity index (χ3n) is 4.55. The Bertz CT molecular complexity index is 960. The van der Waals surface area contributed by atoms with Crippen molar-refractivity contribution >= 4 is 33.4 Å². The van der Waals surface area contributed by atoms with Gasteiger partial charge in [0.2, 0.25) is 16.0 Å². The molecule has 8 nitrogen and oxygen atoms in total. The summed E-state index contributed by atoms with van der Waals surface area (Å²) in [6, 6.07) is 6.51. The fourth-order valence-electron chi connectivity index (χ4n) is 3.03. The highest BCUT2D eigenvalue weighted by atomic mass is 35.5. The summed E-state index contributed by atoms with van der Waals surface area (Å²) in [5, 5.41) is 0.349. The maximum Gasteiger partial charge on any atom is 0.246 e. The van der Waals surface area contributed by atoms with Gasteiger partial charge in [-0.1, -0.05) is 11.6 Å². The van der Waals surface area contributed by atoms with Gasteiger partial charge >= 0.3 is 0 Å². The van der Waals surface area contributed by atoms with Crippen LogP contribution in [0, 0.1) is 6.92 Å². The van der Waals surface area contributed by atoms with Crippen LogP contribution in [0.25, 0.3) is 0 Å². The predicted octanol–water partition coefficient (Wildman–Crippen LogP) is 2.02. The first-order chi connectivity index (χ1) is 13.2. The number of aromatic nitrogens is 2. The topological polar surface area (TPSA) is 78.9 Å². The number of rotatable bonds is 5. The van der Waals surface area contributed by atoms with E-state index in [1.807, 2.05) is 36.9 Å². The van der Waals surface area contributed by atoms with Crippen LogP contribution in [0.3, 0.4) is 0 Å². The molecule has 0 atom stereocenters. The summed E-state index contributed by atoms with van der Waals surface area (Å²) in [6.45, 7) is 3.57. The summed E-state index contributed by atoms with van der Waals surface area (Å²) >= 11 is 6.01. The molecule has 1 saturated heterocycles. The molecule has 0 bridgehead atoms. The van der Waals surface area contributed by atoms with Crippen LogP contribution in [-0.2, 0) is 10.0 Å². The van der Waals surface area contributed by atoms with Crippen LogP contribution in [-0.4, -0.2) is 70.1 Å². The molecule has 0 spiro atoms. The number of methoxy groups -OCH3 is 1. The summed E-state index contributed by atoms with van der Waals surface area (Å²) in [7, 11) is 1.58. The molecule has 2 heterocycles. The average Bonchev–Trinajstić information content (AvgIpc) is 2.67. The van der Waals surface area contributed by atoms with Crippen molar-refractivity contribution in [2.24, 2.45) is 0 Å². The van der Waals surface area contributed by atoms with Crippen molar-refractivity contribution in [2.45, 2.75) is 11.8 Å². The Morgan fingerprint density at radius 3 is 2.39 bits per heavy atom. The molecule has 3 rings (SSSR count). The quantitative estimate of drug-likeness (QED) is 0.725. The van der Waals surface area contributed by atoms with Gasteiger partial charge in [0.25, 0.3) is 0 Å². The summed E-state index contributed by atoms with van der Waals surface area (Å²) in [5.74, 6) is 1.71. The molecule has 0 amide bonds. The maximum atomic E-state index is 13.1. The minimum absolute atomic E-state index is 0.0812. The second-order valence-corrected chi connectivity index (χ2v) is 9.09. The van der Waals surface area contributed by atoms with Gasteiger partial charge in [-0.25, -0.2) is 13.4 Å². The van der Waals surface area contributed by atoms with E-state index in [0.717, 1.165) is 11.5 Å².